The zero-order valence-corrected chi connectivity index (χ0v) is 13.0. The quantitative estimate of drug-likeness (QED) is 0.725. The van der Waals surface area contributed by atoms with Gasteiger partial charge in [-0.05, 0) is 30.2 Å². The van der Waals surface area contributed by atoms with E-state index in [9.17, 15) is 4.79 Å². The molecule has 6 nitrogen and oxygen atoms in total. The largest absolute Gasteiger partial charge is 0.497 e. The normalized spacial score (nSPS) is 10.7. The first kappa shape index (κ1) is 15.0. The van der Waals surface area contributed by atoms with Gasteiger partial charge < -0.3 is 9.47 Å². The number of carbonyl (C=O) groups excluding carboxylic acids is 1. The number of aromatic nitrogens is 3. The van der Waals surface area contributed by atoms with E-state index in [2.05, 4.69) is 10.3 Å². The van der Waals surface area contributed by atoms with Crippen LogP contribution >= 0.6 is 0 Å². The zero-order valence-electron chi connectivity index (χ0n) is 13.0. The van der Waals surface area contributed by atoms with Crippen LogP contribution in [0.3, 0.4) is 0 Å². The Morgan fingerprint density at radius 1 is 1.13 bits per heavy atom. The Hall–Kier alpha value is -2.89. The highest BCUT2D eigenvalue weighted by Crippen LogP contribution is 2.25. The lowest BCUT2D eigenvalue weighted by atomic mass is 10.1. The van der Waals surface area contributed by atoms with Gasteiger partial charge in [-0.1, -0.05) is 23.4 Å². The summed E-state index contributed by atoms with van der Waals surface area (Å²) in [7, 11) is 3.21. The lowest BCUT2D eigenvalue weighted by molar-refractivity contribution is 0.0890. The van der Waals surface area contributed by atoms with Gasteiger partial charge in [-0.2, -0.15) is 4.68 Å². The predicted octanol–water partition coefficient (Wildman–Crippen LogP) is 2.72. The first-order chi connectivity index (χ1) is 11.2. The Balaban J connectivity index is 1.77. The molecule has 0 aliphatic heterocycles. The highest BCUT2D eigenvalue weighted by atomic mass is 16.5. The fourth-order valence-electron chi connectivity index (χ4n) is 2.46. The summed E-state index contributed by atoms with van der Waals surface area (Å²) in [4.78, 5) is 12.4. The molecule has 0 N–H and O–H groups in total. The maximum absolute atomic E-state index is 12.4. The summed E-state index contributed by atoms with van der Waals surface area (Å²) in [6.07, 6.45) is 0.871. The molecule has 0 unspecified atom stereocenters. The van der Waals surface area contributed by atoms with E-state index in [1.807, 2.05) is 42.5 Å². The number of fused-ring (bicyclic) bond motifs is 1. The van der Waals surface area contributed by atoms with Gasteiger partial charge in [0.2, 0.25) is 5.91 Å². The summed E-state index contributed by atoms with van der Waals surface area (Å²) in [5.74, 6) is 1.33. The number of carbonyl (C=O) groups is 1. The molecule has 118 valence electrons. The Morgan fingerprint density at radius 2 is 1.96 bits per heavy atom. The molecule has 0 radical (unpaired) electrons. The van der Waals surface area contributed by atoms with Crippen molar-refractivity contribution >= 4 is 16.9 Å². The van der Waals surface area contributed by atoms with Crippen LogP contribution in [0.1, 0.15) is 16.8 Å². The van der Waals surface area contributed by atoms with Crippen molar-refractivity contribution in [3.8, 4) is 11.5 Å². The fraction of sp³-hybridized carbons (Fsp3) is 0.235. The molecule has 6 heteroatoms. The SMILES string of the molecule is COc1ccc(CCC(=O)n2nnc3ccccc32)c(OC)c1. The van der Waals surface area contributed by atoms with Crippen molar-refractivity contribution in [1.82, 2.24) is 15.0 Å². The minimum atomic E-state index is -0.100. The zero-order chi connectivity index (χ0) is 16.2. The number of rotatable bonds is 5. The van der Waals surface area contributed by atoms with Gasteiger partial charge in [0.25, 0.3) is 0 Å². The number of para-hydroxylation sites is 1. The van der Waals surface area contributed by atoms with Crippen molar-refractivity contribution in [3.05, 3.63) is 48.0 Å². The van der Waals surface area contributed by atoms with Crippen LogP contribution in [0.15, 0.2) is 42.5 Å². The van der Waals surface area contributed by atoms with Crippen LogP contribution in [0.5, 0.6) is 11.5 Å². The molecule has 0 atom stereocenters. The topological polar surface area (TPSA) is 66.2 Å². The molecule has 0 saturated heterocycles. The molecule has 0 saturated carbocycles. The van der Waals surface area contributed by atoms with Crippen LogP contribution in [0, 0.1) is 0 Å². The third kappa shape index (κ3) is 3.01. The minimum Gasteiger partial charge on any atom is -0.497 e. The maximum Gasteiger partial charge on any atom is 0.249 e. The van der Waals surface area contributed by atoms with Gasteiger partial charge in [-0.3, -0.25) is 4.79 Å². The summed E-state index contributed by atoms with van der Waals surface area (Å²) in [6, 6.07) is 13.0. The summed E-state index contributed by atoms with van der Waals surface area (Å²) in [5.41, 5.74) is 2.38. The van der Waals surface area contributed by atoms with Gasteiger partial charge in [0, 0.05) is 12.5 Å². The molecule has 3 rings (SSSR count). The van der Waals surface area contributed by atoms with Crippen molar-refractivity contribution in [1.29, 1.82) is 0 Å². The highest BCUT2D eigenvalue weighted by molar-refractivity contribution is 5.88. The van der Waals surface area contributed by atoms with Crippen LogP contribution in [-0.4, -0.2) is 35.1 Å². The van der Waals surface area contributed by atoms with Gasteiger partial charge in [0.1, 0.15) is 17.0 Å². The Bertz CT molecular complexity index is 842. The molecular formula is C17H17N3O3. The first-order valence-corrected chi connectivity index (χ1v) is 7.27. The van der Waals surface area contributed by atoms with E-state index >= 15 is 0 Å². The third-order valence-electron chi connectivity index (χ3n) is 3.69. The van der Waals surface area contributed by atoms with Gasteiger partial charge in [0.05, 0.1) is 19.7 Å². The molecule has 23 heavy (non-hydrogen) atoms. The molecule has 0 bridgehead atoms. The molecular weight excluding hydrogens is 294 g/mol. The summed E-state index contributed by atoms with van der Waals surface area (Å²) >= 11 is 0. The monoisotopic (exact) mass is 311 g/mol. The average molecular weight is 311 g/mol. The van der Waals surface area contributed by atoms with E-state index in [1.165, 1.54) is 4.68 Å². The second-order valence-corrected chi connectivity index (χ2v) is 5.06. The van der Waals surface area contributed by atoms with Crippen molar-refractivity contribution in [2.45, 2.75) is 12.8 Å². The van der Waals surface area contributed by atoms with Crippen molar-refractivity contribution in [2.75, 3.05) is 14.2 Å². The number of nitrogens with zero attached hydrogens (tertiary/aromatic N) is 3. The Labute approximate surface area is 133 Å². The second kappa shape index (κ2) is 6.48. The standard InChI is InChI=1S/C17H17N3O3/c1-22-13-9-7-12(16(11-13)23-2)8-10-17(21)20-15-6-4-3-5-14(15)18-19-20/h3-7,9,11H,8,10H2,1-2H3. The molecule has 1 aromatic heterocycles. The number of benzene rings is 2. The maximum atomic E-state index is 12.4. The minimum absolute atomic E-state index is 0.100. The molecule has 0 aliphatic carbocycles. The third-order valence-corrected chi connectivity index (χ3v) is 3.69. The smallest absolute Gasteiger partial charge is 0.249 e. The van der Waals surface area contributed by atoms with E-state index in [1.54, 1.807) is 14.2 Å². The molecule has 0 amide bonds. The van der Waals surface area contributed by atoms with Gasteiger partial charge in [0.15, 0.2) is 0 Å². The summed E-state index contributed by atoms with van der Waals surface area (Å²) in [5, 5.41) is 7.95. The fourth-order valence-corrected chi connectivity index (χ4v) is 2.46. The molecule has 3 aromatic rings. The lowest BCUT2D eigenvalue weighted by Crippen LogP contribution is -2.13. The molecule has 0 fully saturated rings. The van der Waals surface area contributed by atoms with Crippen LogP contribution < -0.4 is 9.47 Å². The Morgan fingerprint density at radius 3 is 2.74 bits per heavy atom. The number of aryl methyl sites for hydroxylation is 1. The summed E-state index contributed by atoms with van der Waals surface area (Å²) in [6.45, 7) is 0. The number of hydrogen-bond acceptors (Lipinski definition) is 5. The van der Waals surface area contributed by atoms with E-state index < -0.39 is 0 Å². The highest BCUT2D eigenvalue weighted by Gasteiger charge is 2.13. The van der Waals surface area contributed by atoms with E-state index in [4.69, 9.17) is 9.47 Å². The van der Waals surface area contributed by atoms with Gasteiger partial charge in [-0.25, -0.2) is 0 Å². The van der Waals surface area contributed by atoms with Crippen molar-refractivity contribution < 1.29 is 14.3 Å². The molecule has 1 heterocycles. The van der Waals surface area contributed by atoms with Crippen LogP contribution in [0.2, 0.25) is 0 Å². The molecule has 0 spiro atoms. The van der Waals surface area contributed by atoms with E-state index in [-0.39, 0.29) is 5.91 Å². The van der Waals surface area contributed by atoms with Crippen LogP contribution in [0.25, 0.3) is 11.0 Å². The Kier molecular flexibility index (Phi) is 4.23. The van der Waals surface area contributed by atoms with Crippen LogP contribution in [0.4, 0.5) is 0 Å². The summed E-state index contributed by atoms with van der Waals surface area (Å²) < 4.78 is 11.9. The second-order valence-electron chi connectivity index (χ2n) is 5.06. The van der Waals surface area contributed by atoms with E-state index in [0.717, 1.165) is 16.8 Å². The van der Waals surface area contributed by atoms with E-state index in [0.29, 0.717) is 24.1 Å². The number of hydrogen-bond donors (Lipinski definition) is 0. The van der Waals surface area contributed by atoms with Gasteiger partial charge in [-0.15, -0.1) is 5.10 Å². The van der Waals surface area contributed by atoms with Crippen LogP contribution in [-0.2, 0) is 6.42 Å². The molecule has 0 aliphatic rings. The number of ether oxygens (including phenoxy) is 2. The predicted molar refractivity (Wildman–Crippen MR) is 86.0 cm³/mol. The van der Waals surface area contributed by atoms with Crippen molar-refractivity contribution in [3.63, 3.8) is 0 Å². The van der Waals surface area contributed by atoms with Crippen molar-refractivity contribution in [2.24, 2.45) is 0 Å². The first-order valence-electron chi connectivity index (χ1n) is 7.27. The molecule has 2 aromatic carbocycles. The average Bonchev–Trinajstić information content (AvgIpc) is 3.03. The number of methoxy groups -OCH3 is 2. The lowest BCUT2D eigenvalue weighted by Gasteiger charge is -2.10. The van der Waals surface area contributed by atoms with Gasteiger partial charge >= 0.3 is 0 Å².